The molecule has 1 heteroatoms. The van der Waals surface area contributed by atoms with Gasteiger partial charge in [0.25, 0.3) is 0 Å². The summed E-state index contributed by atoms with van der Waals surface area (Å²) in [6.07, 6.45) is 9.06. The Hall–Kier alpha value is -0.300. The summed E-state index contributed by atoms with van der Waals surface area (Å²) in [5, 5.41) is 0. The molecule has 0 radical (unpaired) electrons. The maximum atomic E-state index is 6.00. The summed E-state index contributed by atoms with van der Waals surface area (Å²) in [7, 11) is 0. The van der Waals surface area contributed by atoms with Gasteiger partial charge in [-0.1, -0.05) is 30.9 Å². The SMILES string of the molecule is CC(C)=CCOC(C)(C)C1CCCCC1. The molecule has 0 bridgehead atoms. The molecule has 0 spiro atoms. The van der Waals surface area contributed by atoms with Crippen LogP contribution in [0.5, 0.6) is 0 Å². The molecule has 0 unspecified atom stereocenters. The summed E-state index contributed by atoms with van der Waals surface area (Å²) in [6.45, 7) is 9.52. The molecule has 15 heavy (non-hydrogen) atoms. The first-order valence-electron chi connectivity index (χ1n) is 6.29. The molecule has 1 nitrogen and oxygen atoms in total. The summed E-state index contributed by atoms with van der Waals surface area (Å²) in [5.74, 6) is 0.761. The minimum Gasteiger partial charge on any atom is -0.371 e. The third-order valence-electron chi connectivity index (χ3n) is 3.54. The zero-order valence-corrected chi connectivity index (χ0v) is 10.8. The Balaban J connectivity index is 2.38. The van der Waals surface area contributed by atoms with Gasteiger partial charge in [0, 0.05) is 0 Å². The molecular weight excluding hydrogens is 184 g/mol. The Morgan fingerprint density at radius 1 is 1.20 bits per heavy atom. The van der Waals surface area contributed by atoms with Crippen LogP contribution in [0.4, 0.5) is 0 Å². The molecule has 0 amide bonds. The van der Waals surface area contributed by atoms with Crippen LogP contribution in [0.25, 0.3) is 0 Å². The fourth-order valence-electron chi connectivity index (χ4n) is 2.34. The molecule has 0 atom stereocenters. The molecule has 0 N–H and O–H groups in total. The van der Waals surface area contributed by atoms with Crippen LogP contribution in [0.2, 0.25) is 0 Å². The molecule has 0 aromatic carbocycles. The van der Waals surface area contributed by atoms with E-state index >= 15 is 0 Å². The van der Waals surface area contributed by atoms with E-state index in [4.69, 9.17) is 4.74 Å². The number of ether oxygens (including phenoxy) is 1. The Bertz CT molecular complexity index is 205. The quantitative estimate of drug-likeness (QED) is 0.628. The van der Waals surface area contributed by atoms with Crippen molar-refractivity contribution in [3.05, 3.63) is 11.6 Å². The van der Waals surface area contributed by atoms with Gasteiger partial charge in [0.2, 0.25) is 0 Å². The van der Waals surface area contributed by atoms with Crippen LogP contribution in [0.3, 0.4) is 0 Å². The lowest BCUT2D eigenvalue weighted by molar-refractivity contribution is -0.0577. The molecule has 0 aromatic rings. The van der Waals surface area contributed by atoms with Crippen LogP contribution in [0.15, 0.2) is 11.6 Å². The predicted octanol–water partition coefficient (Wildman–Crippen LogP) is 4.33. The van der Waals surface area contributed by atoms with Crippen LogP contribution in [0, 0.1) is 5.92 Å². The van der Waals surface area contributed by atoms with Crippen LogP contribution in [-0.2, 0) is 4.74 Å². The highest BCUT2D eigenvalue weighted by Gasteiger charge is 2.30. The maximum Gasteiger partial charge on any atom is 0.0658 e. The van der Waals surface area contributed by atoms with E-state index in [1.54, 1.807) is 0 Å². The smallest absolute Gasteiger partial charge is 0.0658 e. The Labute approximate surface area is 94.9 Å². The van der Waals surface area contributed by atoms with E-state index in [1.807, 2.05) is 0 Å². The van der Waals surface area contributed by atoms with Gasteiger partial charge in [0.15, 0.2) is 0 Å². The van der Waals surface area contributed by atoms with Crippen molar-refractivity contribution in [3.8, 4) is 0 Å². The summed E-state index contributed by atoms with van der Waals surface area (Å²) in [6, 6.07) is 0. The van der Waals surface area contributed by atoms with Crippen molar-refractivity contribution in [2.45, 2.75) is 65.4 Å². The van der Waals surface area contributed by atoms with Gasteiger partial charge >= 0.3 is 0 Å². The first-order valence-corrected chi connectivity index (χ1v) is 6.29. The van der Waals surface area contributed by atoms with Gasteiger partial charge in [-0.25, -0.2) is 0 Å². The lowest BCUT2D eigenvalue weighted by atomic mass is 9.79. The van der Waals surface area contributed by atoms with Crippen molar-refractivity contribution in [2.75, 3.05) is 6.61 Å². The highest BCUT2D eigenvalue weighted by Crippen LogP contribution is 2.34. The Kier molecular flexibility index (Phi) is 4.85. The fraction of sp³-hybridized carbons (Fsp3) is 0.857. The van der Waals surface area contributed by atoms with E-state index in [0.717, 1.165) is 12.5 Å². The van der Waals surface area contributed by atoms with Gasteiger partial charge in [0.1, 0.15) is 0 Å². The molecule has 0 aromatic heterocycles. The van der Waals surface area contributed by atoms with E-state index < -0.39 is 0 Å². The average Bonchev–Trinajstić information content (AvgIpc) is 2.18. The molecule has 1 saturated carbocycles. The Morgan fingerprint density at radius 2 is 1.80 bits per heavy atom. The van der Waals surface area contributed by atoms with Crippen LogP contribution in [-0.4, -0.2) is 12.2 Å². The zero-order chi connectivity index (χ0) is 11.3. The van der Waals surface area contributed by atoms with Crippen LogP contribution >= 0.6 is 0 Å². The van der Waals surface area contributed by atoms with E-state index in [9.17, 15) is 0 Å². The number of hydrogen-bond donors (Lipinski definition) is 0. The first kappa shape index (κ1) is 12.8. The number of allylic oxidation sites excluding steroid dienone is 1. The van der Waals surface area contributed by atoms with Crippen molar-refractivity contribution in [3.63, 3.8) is 0 Å². The van der Waals surface area contributed by atoms with E-state index in [2.05, 4.69) is 33.8 Å². The normalized spacial score (nSPS) is 18.9. The van der Waals surface area contributed by atoms with Crippen molar-refractivity contribution in [2.24, 2.45) is 5.92 Å². The lowest BCUT2D eigenvalue weighted by Crippen LogP contribution is -2.35. The van der Waals surface area contributed by atoms with Gasteiger partial charge < -0.3 is 4.74 Å². The standard InChI is InChI=1S/C14H26O/c1-12(2)10-11-15-14(3,4)13-8-6-5-7-9-13/h10,13H,5-9,11H2,1-4H3. The summed E-state index contributed by atoms with van der Waals surface area (Å²) < 4.78 is 6.00. The van der Waals surface area contributed by atoms with Gasteiger partial charge in [-0.3, -0.25) is 0 Å². The van der Waals surface area contributed by atoms with Crippen molar-refractivity contribution in [1.82, 2.24) is 0 Å². The summed E-state index contributed by atoms with van der Waals surface area (Å²) in [4.78, 5) is 0. The monoisotopic (exact) mass is 210 g/mol. The molecule has 1 fully saturated rings. The molecular formula is C14H26O. The van der Waals surface area contributed by atoms with Gasteiger partial charge in [-0.15, -0.1) is 0 Å². The van der Waals surface area contributed by atoms with Crippen molar-refractivity contribution >= 4 is 0 Å². The second-order valence-electron chi connectivity index (χ2n) is 5.53. The second-order valence-corrected chi connectivity index (χ2v) is 5.53. The molecule has 0 saturated heterocycles. The van der Waals surface area contributed by atoms with Crippen molar-refractivity contribution in [1.29, 1.82) is 0 Å². The second kappa shape index (κ2) is 5.69. The summed E-state index contributed by atoms with van der Waals surface area (Å²) in [5.41, 5.74) is 1.40. The minimum absolute atomic E-state index is 0.0619. The first-order chi connectivity index (χ1) is 7.02. The zero-order valence-electron chi connectivity index (χ0n) is 10.8. The number of rotatable bonds is 4. The van der Waals surface area contributed by atoms with E-state index in [1.165, 1.54) is 37.7 Å². The highest BCUT2D eigenvalue weighted by molar-refractivity contribution is 4.94. The van der Waals surface area contributed by atoms with E-state index in [-0.39, 0.29) is 5.60 Å². The number of hydrogen-bond acceptors (Lipinski definition) is 1. The van der Waals surface area contributed by atoms with Crippen LogP contribution in [0.1, 0.15) is 59.8 Å². The summed E-state index contributed by atoms with van der Waals surface area (Å²) >= 11 is 0. The van der Waals surface area contributed by atoms with Gasteiger partial charge in [0.05, 0.1) is 12.2 Å². The molecule has 1 aliphatic rings. The topological polar surface area (TPSA) is 9.23 Å². The van der Waals surface area contributed by atoms with Crippen molar-refractivity contribution < 1.29 is 4.74 Å². The van der Waals surface area contributed by atoms with E-state index in [0.29, 0.717) is 0 Å². The maximum absolute atomic E-state index is 6.00. The molecule has 88 valence electrons. The average molecular weight is 210 g/mol. The molecule has 0 heterocycles. The predicted molar refractivity (Wildman–Crippen MR) is 66.0 cm³/mol. The minimum atomic E-state index is 0.0619. The highest BCUT2D eigenvalue weighted by atomic mass is 16.5. The lowest BCUT2D eigenvalue weighted by Gasteiger charge is -2.36. The molecule has 1 rings (SSSR count). The third kappa shape index (κ3) is 4.38. The van der Waals surface area contributed by atoms with Crippen LogP contribution < -0.4 is 0 Å². The van der Waals surface area contributed by atoms with Gasteiger partial charge in [-0.2, -0.15) is 0 Å². The fourth-order valence-corrected chi connectivity index (χ4v) is 2.34. The third-order valence-corrected chi connectivity index (χ3v) is 3.54. The largest absolute Gasteiger partial charge is 0.371 e. The van der Waals surface area contributed by atoms with Gasteiger partial charge in [-0.05, 0) is 46.5 Å². The molecule has 1 aliphatic carbocycles. The Morgan fingerprint density at radius 3 is 2.33 bits per heavy atom. The molecule has 0 aliphatic heterocycles.